The zero-order chi connectivity index (χ0) is 15.4. The first-order valence-corrected chi connectivity index (χ1v) is 7.13. The summed E-state index contributed by atoms with van der Waals surface area (Å²) in [5.41, 5.74) is 1.49. The lowest BCUT2D eigenvalue weighted by Gasteiger charge is -2.14. The zero-order valence-corrected chi connectivity index (χ0v) is 12.3. The molecule has 0 radical (unpaired) electrons. The summed E-state index contributed by atoms with van der Waals surface area (Å²) in [4.78, 5) is 15.3. The molecule has 3 aromatic rings. The van der Waals surface area contributed by atoms with Gasteiger partial charge in [-0.3, -0.25) is 4.79 Å². The monoisotopic (exact) mass is 295 g/mol. The molecule has 3 rings (SSSR count). The van der Waals surface area contributed by atoms with Crippen molar-refractivity contribution < 1.29 is 9.47 Å². The Balaban J connectivity index is 2.21. The van der Waals surface area contributed by atoms with Gasteiger partial charge in [-0.15, -0.1) is 0 Å². The third kappa shape index (κ3) is 2.73. The molecular formula is C18H17NO3. The number of aromatic amines is 1. The highest BCUT2D eigenvalue weighted by Crippen LogP contribution is 2.33. The van der Waals surface area contributed by atoms with Crippen molar-refractivity contribution in [2.45, 2.75) is 0 Å². The van der Waals surface area contributed by atoms with Crippen LogP contribution in [0.1, 0.15) is 0 Å². The van der Waals surface area contributed by atoms with Crippen LogP contribution in [0.25, 0.3) is 22.0 Å². The highest BCUT2D eigenvalue weighted by molar-refractivity contribution is 5.92. The fraction of sp³-hybridized carbons (Fsp3) is 0.167. The maximum absolute atomic E-state index is 12.3. The summed E-state index contributed by atoms with van der Waals surface area (Å²) in [6.45, 7) is 0.911. The molecule has 0 aliphatic rings. The predicted molar refractivity (Wildman–Crippen MR) is 87.4 cm³/mol. The van der Waals surface area contributed by atoms with Crippen molar-refractivity contribution in [1.29, 1.82) is 0 Å². The summed E-state index contributed by atoms with van der Waals surface area (Å²) in [7, 11) is 1.63. The number of H-pyrrole nitrogens is 1. The first-order valence-electron chi connectivity index (χ1n) is 7.13. The minimum Gasteiger partial charge on any atom is -0.488 e. The second kappa shape index (κ2) is 6.45. The largest absolute Gasteiger partial charge is 0.488 e. The second-order valence-electron chi connectivity index (χ2n) is 4.91. The van der Waals surface area contributed by atoms with Gasteiger partial charge in [0.05, 0.1) is 17.7 Å². The van der Waals surface area contributed by atoms with E-state index in [1.54, 1.807) is 13.2 Å². The average molecular weight is 295 g/mol. The van der Waals surface area contributed by atoms with Crippen LogP contribution in [0.2, 0.25) is 0 Å². The van der Waals surface area contributed by atoms with E-state index in [9.17, 15) is 4.79 Å². The van der Waals surface area contributed by atoms with E-state index >= 15 is 0 Å². The van der Waals surface area contributed by atoms with Crippen LogP contribution in [-0.2, 0) is 4.74 Å². The molecule has 0 spiro atoms. The number of rotatable bonds is 5. The quantitative estimate of drug-likeness (QED) is 0.735. The molecule has 0 atom stereocenters. The van der Waals surface area contributed by atoms with Crippen molar-refractivity contribution in [3.8, 4) is 17.0 Å². The summed E-state index contributed by atoms with van der Waals surface area (Å²) in [6.07, 6.45) is 0. The Hall–Kier alpha value is -2.59. The molecule has 1 N–H and O–H groups in total. The molecular weight excluding hydrogens is 278 g/mol. The Kier molecular flexibility index (Phi) is 4.21. The van der Waals surface area contributed by atoms with Crippen LogP contribution in [0, 0.1) is 0 Å². The van der Waals surface area contributed by atoms with Gasteiger partial charge in [-0.1, -0.05) is 48.5 Å². The van der Waals surface area contributed by atoms with Gasteiger partial charge in [0, 0.05) is 18.1 Å². The molecule has 4 nitrogen and oxygen atoms in total. The first kappa shape index (κ1) is 14.4. The van der Waals surface area contributed by atoms with E-state index in [-0.39, 0.29) is 5.56 Å². The number of fused-ring (bicyclic) bond motifs is 1. The van der Waals surface area contributed by atoms with Gasteiger partial charge < -0.3 is 14.5 Å². The summed E-state index contributed by atoms with van der Waals surface area (Å²) in [5, 5.41) is 1.43. The van der Waals surface area contributed by atoms with E-state index in [0.717, 1.165) is 10.9 Å². The third-order valence-corrected chi connectivity index (χ3v) is 3.48. The summed E-state index contributed by atoms with van der Waals surface area (Å²) in [6, 6.07) is 17.1. The average Bonchev–Trinajstić information content (AvgIpc) is 2.58. The Bertz CT molecular complexity index is 825. The molecule has 4 heteroatoms. The Labute approximate surface area is 128 Å². The highest BCUT2D eigenvalue weighted by atomic mass is 16.5. The summed E-state index contributed by atoms with van der Waals surface area (Å²) >= 11 is 0. The topological polar surface area (TPSA) is 51.3 Å². The summed E-state index contributed by atoms with van der Waals surface area (Å²) in [5.74, 6) is 0.679. The minimum absolute atomic E-state index is 0.117. The fourth-order valence-corrected chi connectivity index (χ4v) is 2.44. The van der Waals surface area contributed by atoms with Crippen molar-refractivity contribution in [3.63, 3.8) is 0 Å². The highest BCUT2D eigenvalue weighted by Gasteiger charge is 2.14. The lowest BCUT2D eigenvalue weighted by atomic mass is 10.1. The molecule has 0 aliphatic heterocycles. The van der Waals surface area contributed by atoms with Crippen LogP contribution in [0.3, 0.4) is 0 Å². The van der Waals surface area contributed by atoms with E-state index in [1.807, 2.05) is 48.5 Å². The van der Waals surface area contributed by atoms with E-state index < -0.39 is 0 Å². The predicted octanol–water partition coefficient (Wildman–Crippen LogP) is 3.22. The van der Waals surface area contributed by atoms with Crippen molar-refractivity contribution in [3.05, 3.63) is 65.0 Å². The van der Waals surface area contributed by atoms with Crippen LogP contribution in [-0.4, -0.2) is 25.3 Å². The smallest absolute Gasteiger partial charge is 0.256 e. The molecule has 0 fully saturated rings. The number of benzene rings is 2. The molecule has 1 aromatic heterocycles. The van der Waals surface area contributed by atoms with Crippen LogP contribution >= 0.6 is 0 Å². The third-order valence-electron chi connectivity index (χ3n) is 3.48. The van der Waals surface area contributed by atoms with Gasteiger partial charge in [-0.25, -0.2) is 0 Å². The standard InChI is InChI=1S/C18H17NO3/c1-21-11-12-22-17-14-9-5-6-10-15(14)18(20)19-16(17)13-7-3-2-4-8-13/h2-10H,11-12H2,1H3,(H,19,20). The second-order valence-corrected chi connectivity index (χ2v) is 4.91. The molecule has 22 heavy (non-hydrogen) atoms. The number of pyridine rings is 1. The number of aromatic nitrogens is 1. The molecule has 0 bridgehead atoms. The number of hydrogen-bond acceptors (Lipinski definition) is 3. The van der Waals surface area contributed by atoms with Gasteiger partial charge in [0.2, 0.25) is 0 Å². The molecule has 2 aromatic carbocycles. The van der Waals surface area contributed by atoms with Gasteiger partial charge in [0.25, 0.3) is 5.56 Å². The summed E-state index contributed by atoms with van der Waals surface area (Å²) < 4.78 is 11.0. The molecule has 112 valence electrons. The molecule has 0 saturated carbocycles. The van der Waals surface area contributed by atoms with Crippen molar-refractivity contribution in [1.82, 2.24) is 4.98 Å². The lowest BCUT2D eigenvalue weighted by molar-refractivity contribution is 0.147. The molecule has 0 unspecified atom stereocenters. The van der Waals surface area contributed by atoms with Gasteiger partial charge in [-0.2, -0.15) is 0 Å². The van der Waals surface area contributed by atoms with Crippen molar-refractivity contribution in [2.75, 3.05) is 20.3 Å². The van der Waals surface area contributed by atoms with Crippen LogP contribution in [0.4, 0.5) is 0 Å². The maximum atomic E-state index is 12.3. The van der Waals surface area contributed by atoms with E-state index in [4.69, 9.17) is 9.47 Å². The number of methoxy groups -OCH3 is 1. The first-order chi connectivity index (χ1) is 10.8. The van der Waals surface area contributed by atoms with E-state index in [2.05, 4.69) is 4.98 Å². The number of hydrogen-bond donors (Lipinski definition) is 1. The maximum Gasteiger partial charge on any atom is 0.256 e. The van der Waals surface area contributed by atoms with Crippen molar-refractivity contribution in [2.24, 2.45) is 0 Å². The molecule has 0 saturated heterocycles. The Morgan fingerprint density at radius 1 is 0.909 bits per heavy atom. The van der Waals surface area contributed by atoms with Gasteiger partial charge in [0.1, 0.15) is 6.61 Å². The number of nitrogens with one attached hydrogen (secondary N) is 1. The fourth-order valence-electron chi connectivity index (χ4n) is 2.44. The molecule has 0 aliphatic carbocycles. The zero-order valence-electron chi connectivity index (χ0n) is 12.3. The van der Waals surface area contributed by atoms with Gasteiger partial charge in [-0.05, 0) is 6.07 Å². The normalized spacial score (nSPS) is 10.8. The Morgan fingerprint density at radius 3 is 2.32 bits per heavy atom. The van der Waals surface area contributed by atoms with Crippen molar-refractivity contribution >= 4 is 10.8 Å². The van der Waals surface area contributed by atoms with Crippen LogP contribution < -0.4 is 10.3 Å². The van der Waals surface area contributed by atoms with Gasteiger partial charge in [0.15, 0.2) is 5.75 Å². The van der Waals surface area contributed by atoms with Crippen LogP contribution in [0.5, 0.6) is 5.75 Å². The lowest BCUT2D eigenvalue weighted by Crippen LogP contribution is -2.12. The SMILES string of the molecule is COCCOc1c(-c2ccccc2)[nH]c(=O)c2ccccc12. The van der Waals surface area contributed by atoms with Crippen LogP contribution in [0.15, 0.2) is 59.4 Å². The number of ether oxygens (including phenoxy) is 2. The van der Waals surface area contributed by atoms with E-state index in [1.165, 1.54) is 0 Å². The Morgan fingerprint density at radius 2 is 1.59 bits per heavy atom. The minimum atomic E-state index is -0.117. The molecule has 0 amide bonds. The van der Waals surface area contributed by atoms with Gasteiger partial charge >= 0.3 is 0 Å². The van der Waals surface area contributed by atoms with E-state index in [0.29, 0.717) is 30.0 Å². The molecule has 1 heterocycles.